The highest BCUT2D eigenvalue weighted by Crippen LogP contribution is 2.20. The van der Waals surface area contributed by atoms with Crippen LogP contribution in [0.25, 0.3) is 5.69 Å². The molecule has 1 atom stereocenters. The van der Waals surface area contributed by atoms with E-state index in [1.54, 1.807) is 35.0 Å². The molecule has 0 bridgehead atoms. The van der Waals surface area contributed by atoms with Crippen LogP contribution >= 0.6 is 0 Å². The van der Waals surface area contributed by atoms with Crippen molar-refractivity contribution in [1.29, 1.82) is 0 Å². The number of ether oxygens (including phenoxy) is 1. The number of nitrogens with one attached hydrogen (secondary N) is 2. The van der Waals surface area contributed by atoms with Crippen LogP contribution in [0.4, 0.5) is 0 Å². The van der Waals surface area contributed by atoms with E-state index in [9.17, 15) is 9.59 Å². The topological polar surface area (TPSA) is 76.1 Å². The van der Waals surface area contributed by atoms with Crippen LogP contribution < -0.4 is 15.7 Å². The van der Waals surface area contributed by atoms with Crippen molar-refractivity contribution < 1.29 is 9.53 Å². The predicted octanol–water partition coefficient (Wildman–Crippen LogP) is 3.36. The number of hydrogen-bond acceptors (Lipinski definition) is 3. The largest absolute Gasteiger partial charge is 0.494 e. The van der Waals surface area contributed by atoms with Gasteiger partial charge in [-0.3, -0.25) is 9.36 Å². The number of imidazole rings is 1. The third kappa shape index (κ3) is 4.11. The zero-order valence-electron chi connectivity index (χ0n) is 15.7. The molecule has 0 aliphatic heterocycles. The second kappa shape index (κ2) is 7.95. The lowest BCUT2D eigenvalue weighted by atomic mass is 10.1. The van der Waals surface area contributed by atoms with Crippen LogP contribution in [0.1, 0.15) is 41.5 Å². The molecule has 0 fully saturated rings. The zero-order chi connectivity index (χ0) is 19.4. The molecule has 2 N–H and O–H groups in total. The fraction of sp³-hybridized carbons (Fsp3) is 0.238. The van der Waals surface area contributed by atoms with E-state index in [-0.39, 0.29) is 17.6 Å². The first-order chi connectivity index (χ1) is 13.0. The van der Waals surface area contributed by atoms with E-state index in [4.69, 9.17) is 4.74 Å². The molecule has 0 aliphatic carbocycles. The lowest BCUT2D eigenvalue weighted by Gasteiger charge is -2.16. The first-order valence-electron chi connectivity index (χ1n) is 8.90. The van der Waals surface area contributed by atoms with Gasteiger partial charge in [-0.15, -0.1) is 0 Å². The maximum atomic E-state index is 12.6. The minimum Gasteiger partial charge on any atom is -0.494 e. The van der Waals surface area contributed by atoms with Gasteiger partial charge in [-0.2, -0.15) is 0 Å². The van der Waals surface area contributed by atoms with Gasteiger partial charge in [-0.1, -0.05) is 12.1 Å². The predicted molar refractivity (Wildman–Crippen MR) is 105 cm³/mol. The number of H-pyrrole nitrogens is 1. The fourth-order valence-electron chi connectivity index (χ4n) is 2.94. The van der Waals surface area contributed by atoms with Crippen molar-refractivity contribution in [2.45, 2.75) is 26.8 Å². The van der Waals surface area contributed by atoms with E-state index >= 15 is 0 Å². The van der Waals surface area contributed by atoms with Gasteiger partial charge >= 0.3 is 5.69 Å². The quantitative estimate of drug-likeness (QED) is 0.703. The molecule has 1 heterocycles. The average molecular weight is 365 g/mol. The number of amides is 1. The zero-order valence-corrected chi connectivity index (χ0v) is 15.7. The van der Waals surface area contributed by atoms with Gasteiger partial charge < -0.3 is 15.0 Å². The second-order valence-electron chi connectivity index (χ2n) is 6.32. The summed E-state index contributed by atoms with van der Waals surface area (Å²) in [5.74, 6) is 0.613. The van der Waals surface area contributed by atoms with Gasteiger partial charge in [0.2, 0.25) is 0 Å². The fourth-order valence-corrected chi connectivity index (χ4v) is 2.94. The summed E-state index contributed by atoms with van der Waals surface area (Å²) in [6.07, 6.45) is 1.65. The number of rotatable bonds is 6. The van der Waals surface area contributed by atoms with Crippen LogP contribution in [0, 0.1) is 6.92 Å². The lowest BCUT2D eigenvalue weighted by molar-refractivity contribution is 0.0940. The maximum absolute atomic E-state index is 12.6. The standard InChI is InChI=1S/C21H23N3O3/c1-4-27-19-7-5-6-17(12-19)15(3)23-20(25)16-8-10-18(11-9-16)24-14(2)13-22-21(24)26/h5-13,15H,4H2,1-3H3,(H,22,26)(H,23,25). The molecule has 0 saturated heterocycles. The number of hydrogen-bond donors (Lipinski definition) is 2. The summed E-state index contributed by atoms with van der Waals surface area (Å²) in [6.45, 7) is 6.31. The van der Waals surface area contributed by atoms with E-state index in [0.29, 0.717) is 17.9 Å². The Balaban J connectivity index is 1.73. The summed E-state index contributed by atoms with van der Waals surface area (Å²) in [5.41, 5.74) is 2.83. The first-order valence-corrected chi connectivity index (χ1v) is 8.90. The average Bonchev–Trinajstić information content (AvgIpc) is 3.00. The summed E-state index contributed by atoms with van der Waals surface area (Å²) in [4.78, 5) is 27.1. The van der Waals surface area contributed by atoms with Gasteiger partial charge in [-0.25, -0.2) is 4.79 Å². The molecule has 140 valence electrons. The minimum absolute atomic E-state index is 0.160. The molecular weight excluding hydrogens is 342 g/mol. The minimum atomic E-state index is -0.201. The summed E-state index contributed by atoms with van der Waals surface area (Å²) in [6, 6.07) is 14.5. The van der Waals surface area contributed by atoms with Crippen molar-refractivity contribution in [3.8, 4) is 11.4 Å². The van der Waals surface area contributed by atoms with Gasteiger partial charge in [0.05, 0.1) is 18.3 Å². The monoisotopic (exact) mass is 365 g/mol. The van der Waals surface area contributed by atoms with Crippen molar-refractivity contribution in [1.82, 2.24) is 14.9 Å². The Hall–Kier alpha value is -3.28. The van der Waals surface area contributed by atoms with Crippen LogP contribution in [0.15, 0.2) is 59.5 Å². The Morgan fingerprint density at radius 1 is 1.22 bits per heavy atom. The Labute approximate surface area is 157 Å². The van der Waals surface area contributed by atoms with Gasteiger partial charge in [0.15, 0.2) is 0 Å². The third-order valence-electron chi connectivity index (χ3n) is 4.36. The molecule has 3 rings (SSSR count). The van der Waals surface area contributed by atoms with Crippen molar-refractivity contribution in [3.63, 3.8) is 0 Å². The highest BCUT2D eigenvalue weighted by Gasteiger charge is 2.13. The number of benzene rings is 2. The van der Waals surface area contributed by atoms with Crippen LogP contribution in [0.5, 0.6) is 5.75 Å². The van der Waals surface area contributed by atoms with Crippen LogP contribution in [0.2, 0.25) is 0 Å². The smallest absolute Gasteiger partial charge is 0.330 e. The van der Waals surface area contributed by atoms with Crippen LogP contribution in [-0.4, -0.2) is 22.1 Å². The Kier molecular flexibility index (Phi) is 5.45. The van der Waals surface area contributed by atoms with Crippen molar-refractivity contribution >= 4 is 5.91 Å². The Morgan fingerprint density at radius 2 is 1.96 bits per heavy atom. The molecule has 0 spiro atoms. The normalized spacial score (nSPS) is 11.8. The highest BCUT2D eigenvalue weighted by molar-refractivity contribution is 5.94. The molecule has 2 aromatic carbocycles. The molecule has 0 aliphatic rings. The number of carbonyl (C=O) groups is 1. The number of carbonyl (C=O) groups excluding carboxylic acids is 1. The van der Waals surface area contributed by atoms with Gasteiger partial charge in [0.1, 0.15) is 5.75 Å². The van der Waals surface area contributed by atoms with E-state index in [1.165, 1.54) is 0 Å². The Bertz CT molecular complexity index is 986. The number of aromatic nitrogens is 2. The van der Waals surface area contributed by atoms with Gasteiger partial charge in [-0.05, 0) is 62.7 Å². The highest BCUT2D eigenvalue weighted by atomic mass is 16.5. The molecule has 6 nitrogen and oxygen atoms in total. The lowest BCUT2D eigenvalue weighted by Crippen LogP contribution is -2.26. The summed E-state index contributed by atoms with van der Waals surface area (Å²) >= 11 is 0. The molecule has 3 aromatic rings. The second-order valence-corrected chi connectivity index (χ2v) is 6.32. The summed E-state index contributed by atoms with van der Waals surface area (Å²) in [5, 5.41) is 2.99. The first kappa shape index (κ1) is 18.5. The summed E-state index contributed by atoms with van der Waals surface area (Å²) in [7, 11) is 0. The Morgan fingerprint density at radius 3 is 2.59 bits per heavy atom. The van der Waals surface area contributed by atoms with Gasteiger partial charge in [0.25, 0.3) is 5.91 Å². The van der Waals surface area contributed by atoms with E-state index in [0.717, 1.165) is 17.0 Å². The van der Waals surface area contributed by atoms with Crippen molar-refractivity contribution in [2.75, 3.05) is 6.61 Å². The molecule has 6 heteroatoms. The maximum Gasteiger partial charge on any atom is 0.330 e. The van der Waals surface area contributed by atoms with Crippen LogP contribution in [0.3, 0.4) is 0 Å². The van der Waals surface area contributed by atoms with E-state index in [2.05, 4.69) is 10.3 Å². The molecule has 1 aromatic heterocycles. The molecular formula is C21H23N3O3. The molecule has 0 saturated carbocycles. The van der Waals surface area contributed by atoms with Crippen molar-refractivity contribution in [3.05, 3.63) is 82.0 Å². The van der Waals surface area contributed by atoms with Crippen LogP contribution in [-0.2, 0) is 0 Å². The van der Waals surface area contributed by atoms with Crippen molar-refractivity contribution in [2.24, 2.45) is 0 Å². The molecule has 0 radical (unpaired) electrons. The molecule has 27 heavy (non-hydrogen) atoms. The number of aryl methyl sites for hydroxylation is 1. The molecule has 1 amide bonds. The third-order valence-corrected chi connectivity index (χ3v) is 4.36. The molecule has 1 unspecified atom stereocenters. The van der Waals surface area contributed by atoms with Gasteiger partial charge in [0, 0.05) is 17.5 Å². The number of nitrogens with zero attached hydrogens (tertiary/aromatic N) is 1. The number of aromatic amines is 1. The van der Waals surface area contributed by atoms with E-state index < -0.39 is 0 Å². The SMILES string of the molecule is CCOc1cccc(C(C)NC(=O)c2ccc(-n3c(C)c[nH]c3=O)cc2)c1. The van der Waals surface area contributed by atoms with E-state index in [1.807, 2.05) is 45.0 Å². The summed E-state index contributed by atoms with van der Waals surface area (Å²) < 4.78 is 7.07.